The fourth-order valence-electron chi connectivity index (χ4n) is 1.05. The van der Waals surface area contributed by atoms with Crippen LogP contribution in [0.15, 0.2) is 5.16 Å². The van der Waals surface area contributed by atoms with Crippen molar-refractivity contribution in [1.82, 2.24) is 0 Å². The fraction of sp³-hybridized carbons (Fsp3) is 0.875. The number of nitrogens with two attached hydrogens (primary N) is 1. The first kappa shape index (κ1) is 11.5. The van der Waals surface area contributed by atoms with Gasteiger partial charge in [0.1, 0.15) is 5.60 Å². The molecule has 0 saturated carbocycles. The molecule has 0 bridgehead atoms. The van der Waals surface area contributed by atoms with Crippen LogP contribution in [0, 0.1) is 0 Å². The van der Waals surface area contributed by atoms with Crippen LogP contribution in [0.4, 0.5) is 0 Å². The molecule has 1 saturated heterocycles. The first-order valence-corrected chi connectivity index (χ1v) is 6.23. The van der Waals surface area contributed by atoms with E-state index in [0.717, 1.165) is 0 Å². The number of oxime groups is 1. The van der Waals surface area contributed by atoms with Gasteiger partial charge in [-0.2, -0.15) is 0 Å². The summed E-state index contributed by atoms with van der Waals surface area (Å²) in [5, 5.41) is 3.78. The van der Waals surface area contributed by atoms with Crippen molar-refractivity contribution in [2.45, 2.75) is 32.4 Å². The Bertz CT molecular complexity index is 340. The summed E-state index contributed by atoms with van der Waals surface area (Å²) < 4.78 is 22.3. The molecule has 1 aliphatic heterocycles. The Morgan fingerprint density at radius 2 is 2.07 bits per heavy atom. The topological polar surface area (TPSA) is 81.8 Å². The van der Waals surface area contributed by atoms with Crippen LogP contribution in [0.5, 0.6) is 0 Å². The Kier molecular flexibility index (Phi) is 2.87. The van der Waals surface area contributed by atoms with Crippen molar-refractivity contribution in [1.29, 1.82) is 0 Å². The number of hydrogen-bond acceptors (Lipinski definition) is 5. The van der Waals surface area contributed by atoms with Gasteiger partial charge in [-0.3, -0.25) is 0 Å². The summed E-state index contributed by atoms with van der Waals surface area (Å²) in [7, 11) is -3.05. The van der Waals surface area contributed by atoms with Crippen LogP contribution in [-0.4, -0.2) is 37.3 Å². The molecular formula is C8H16N2O3S. The maximum absolute atomic E-state index is 11.2. The lowest BCUT2D eigenvalue weighted by Gasteiger charge is -2.16. The van der Waals surface area contributed by atoms with Crippen molar-refractivity contribution in [3.63, 3.8) is 0 Å². The summed E-state index contributed by atoms with van der Waals surface area (Å²) in [5.41, 5.74) is 5.59. The van der Waals surface area contributed by atoms with Gasteiger partial charge in [-0.1, -0.05) is 5.16 Å². The highest BCUT2D eigenvalue weighted by atomic mass is 32.2. The highest BCUT2D eigenvalue weighted by Crippen LogP contribution is 2.12. The molecule has 14 heavy (non-hydrogen) atoms. The van der Waals surface area contributed by atoms with Gasteiger partial charge in [-0.25, -0.2) is 8.42 Å². The molecule has 1 rings (SSSR count). The Morgan fingerprint density at radius 3 is 2.43 bits per heavy atom. The van der Waals surface area contributed by atoms with Crippen LogP contribution in [0.1, 0.15) is 20.8 Å². The number of hydrogen-bond donors (Lipinski definition) is 1. The van der Waals surface area contributed by atoms with E-state index >= 15 is 0 Å². The standard InChI is InChI=1S/C8H16N2O3S/c1-8(2,3)13-10-7-5-14(11,12)4-6(7)9/h6H,4-5,9H2,1-3H3. The maximum Gasteiger partial charge on any atom is 0.157 e. The molecule has 0 aliphatic carbocycles. The molecule has 0 spiro atoms. The van der Waals surface area contributed by atoms with Crippen molar-refractivity contribution in [2.75, 3.05) is 11.5 Å². The Balaban J connectivity index is 2.72. The van der Waals surface area contributed by atoms with Crippen molar-refractivity contribution < 1.29 is 13.3 Å². The first-order chi connectivity index (χ1) is 6.20. The molecular weight excluding hydrogens is 204 g/mol. The van der Waals surface area contributed by atoms with E-state index in [1.807, 2.05) is 20.8 Å². The summed E-state index contributed by atoms with van der Waals surface area (Å²) in [4.78, 5) is 5.12. The molecule has 5 nitrogen and oxygen atoms in total. The van der Waals surface area contributed by atoms with Gasteiger partial charge in [-0.15, -0.1) is 0 Å². The first-order valence-electron chi connectivity index (χ1n) is 4.40. The predicted molar refractivity (Wildman–Crippen MR) is 54.9 cm³/mol. The van der Waals surface area contributed by atoms with E-state index in [9.17, 15) is 8.42 Å². The average Bonchev–Trinajstić information content (AvgIpc) is 2.19. The number of nitrogens with zero attached hydrogens (tertiary/aromatic N) is 1. The fourth-order valence-corrected chi connectivity index (χ4v) is 2.63. The summed E-state index contributed by atoms with van der Waals surface area (Å²) in [6, 6.07) is -0.512. The normalized spacial score (nSPS) is 29.4. The largest absolute Gasteiger partial charge is 0.390 e. The van der Waals surface area contributed by atoms with Crippen LogP contribution in [0.25, 0.3) is 0 Å². The van der Waals surface area contributed by atoms with Crippen molar-refractivity contribution in [3.8, 4) is 0 Å². The smallest absolute Gasteiger partial charge is 0.157 e. The van der Waals surface area contributed by atoms with Gasteiger partial charge in [-0.05, 0) is 20.8 Å². The van der Waals surface area contributed by atoms with Crippen molar-refractivity contribution in [3.05, 3.63) is 0 Å². The highest BCUT2D eigenvalue weighted by molar-refractivity contribution is 7.92. The molecule has 0 aromatic carbocycles. The van der Waals surface area contributed by atoms with Gasteiger partial charge in [0, 0.05) is 0 Å². The molecule has 0 aromatic rings. The van der Waals surface area contributed by atoms with Crippen LogP contribution in [0.3, 0.4) is 0 Å². The summed E-state index contributed by atoms with van der Waals surface area (Å²) in [6.07, 6.45) is 0. The molecule has 2 N–H and O–H groups in total. The highest BCUT2D eigenvalue weighted by Gasteiger charge is 2.32. The van der Waals surface area contributed by atoms with E-state index in [-0.39, 0.29) is 11.5 Å². The van der Waals surface area contributed by atoms with E-state index in [1.54, 1.807) is 0 Å². The molecule has 82 valence electrons. The van der Waals surface area contributed by atoms with E-state index in [2.05, 4.69) is 5.16 Å². The van der Waals surface area contributed by atoms with E-state index in [4.69, 9.17) is 10.6 Å². The van der Waals surface area contributed by atoms with Gasteiger partial charge >= 0.3 is 0 Å². The summed E-state index contributed by atoms with van der Waals surface area (Å²) in [6.45, 7) is 5.52. The zero-order valence-electron chi connectivity index (χ0n) is 8.65. The molecule has 0 amide bonds. The van der Waals surface area contributed by atoms with Gasteiger partial charge in [0.25, 0.3) is 0 Å². The Labute approximate surface area is 84.2 Å². The Hall–Kier alpha value is -0.620. The lowest BCUT2D eigenvalue weighted by molar-refractivity contribution is 0.000483. The quantitative estimate of drug-likeness (QED) is 0.626. The Morgan fingerprint density at radius 1 is 1.50 bits per heavy atom. The average molecular weight is 220 g/mol. The minimum atomic E-state index is -3.05. The number of rotatable bonds is 1. The predicted octanol–water partition coefficient (Wildman–Crippen LogP) is -0.0868. The van der Waals surface area contributed by atoms with Crippen LogP contribution in [0.2, 0.25) is 0 Å². The van der Waals surface area contributed by atoms with Crippen LogP contribution >= 0.6 is 0 Å². The molecule has 0 aromatic heterocycles. The van der Waals surface area contributed by atoms with E-state index < -0.39 is 21.5 Å². The minimum absolute atomic E-state index is 0.0284. The number of sulfone groups is 1. The van der Waals surface area contributed by atoms with Gasteiger partial charge < -0.3 is 10.6 Å². The van der Waals surface area contributed by atoms with Gasteiger partial charge in [0.05, 0.1) is 23.3 Å². The third-order valence-corrected chi connectivity index (χ3v) is 3.27. The molecule has 1 unspecified atom stereocenters. The van der Waals surface area contributed by atoms with Gasteiger partial charge in [0.2, 0.25) is 0 Å². The summed E-state index contributed by atoms with van der Waals surface area (Å²) >= 11 is 0. The molecule has 1 atom stereocenters. The van der Waals surface area contributed by atoms with Crippen molar-refractivity contribution >= 4 is 15.5 Å². The van der Waals surface area contributed by atoms with E-state index in [1.165, 1.54) is 0 Å². The maximum atomic E-state index is 11.2. The lowest BCUT2D eigenvalue weighted by Crippen LogP contribution is -2.30. The second-order valence-electron chi connectivity index (χ2n) is 4.45. The monoisotopic (exact) mass is 220 g/mol. The van der Waals surface area contributed by atoms with E-state index in [0.29, 0.717) is 5.71 Å². The van der Waals surface area contributed by atoms with Gasteiger partial charge in [0.15, 0.2) is 9.84 Å². The second-order valence-corrected chi connectivity index (χ2v) is 6.56. The third-order valence-electron chi connectivity index (χ3n) is 1.67. The zero-order chi connectivity index (χ0) is 11.0. The SMILES string of the molecule is CC(C)(C)ON=C1CS(=O)(=O)CC1N. The minimum Gasteiger partial charge on any atom is -0.390 e. The van der Waals surface area contributed by atoms with Crippen LogP contribution in [-0.2, 0) is 14.7 Å². The molecule has 6 heteroatoms. The molecule has 1 fully saturated rings. The molecule has 1 heterocycles. The summed E-state index contributed by atoms with van der Waals surface area (Å²) in [5.74, 6) is -0.108. The second kappa shape index (κ2) is 3.51. The lowest BCUT2D eigenvalue weighted by atomic mass is 10.2. The van der Waals surface area contributed by atoms with Crippen LogP contribution < -0.4 is 5.73 Å². The molecule has 0 radical (unpaired) electrons. The molecule has 1 aliphatic rings. The third kappa shape index (κ3) is 3.26. The zero-order valence-corrected chi connectivity index (χ0v) is 9.47. The van der Waals surface area contributed by atoms with Crippen molar-refractivity contribution in [2.24, 2.45) is 10.9 Å².